The number of hydrogen-bond acceptors (Lipinski definition) is 1. The maximum absolute atomic E-state index is 3.38. The molecular formula is C13H11N. The Kier molecular flexibility index (Phi) is 2.77. The van der Waals surface area contributed by atoms with Gasteiger partial charge < -0.3 is 5.32 Å². The average molecular weight is 181 g/mol. The molecule has 0 saturated heterocycles. The fourth-order valence-corrected chi connectivity index (χ4v) is 1.38. The van der Waals surface area contributed by atoms with Gasteiger partial charge in [0.15, 0.2) is 0 Å². The van der Waals surface area contributed by atoms with Crippen molar-refractivity contribution in [1.29, 1.82) is 0 Å². The summed E-state index contributed by atoms with van der Waals surface area (Å²) in [7, 11) is 0. The Morgan fingerprint density at radius 1 is 1.21 bits per heavy atom. The largest absolute Gasteiger partial charge is 0.374 e. The standard InChI is InChI=1S/C13H11N/c1-2-5-9-12(8-4-1)14-13-10-6-3-7-11-13/h4,6,11,13-14H,1,9-10H2. The highest BCUT2D eigenvalue weighted by Crippen LogP contribution is 2.05. The smallest absolute Gasteiger partial charge is 0.0661 e. The molecule has 14 heavy (non-hydrogen) atoms. The molecule has 0 radical (unpaired) electrons. The van der Waals surface area contributed by atoms with Gasteiger partial charge in [-0.15, -0.1) is 5.73 Å². The van der Waals surface area contributed by atoms with E-state index >= 15 is 0 Å². The Bertz CT molecular complexity index is 437. The normalized spacial score (nSPS) is 22.3. The molecule has 2 rings (SSSR count). The molecule has 0 aliphatic heterocycles. The van der Waals surface area contributed by atoms with E-state index in [9.17, 15) is 0 Å². The molecule has 0 saturated carbocycles. The molecule has 0 spiro atoms. The van der Waals surface area contributed by atoms with Crippen molar-refractivity contribution in [3.05, 3.63) is 41.1 Å². The first-order valence-corrected chi connectivity index (χ1v) is 4.77. The van der Waals surface area contributed by atoms with Gasteiger partial charge in [0.2, 0.25) is 0 Å². The zero-order valence-corrected chi connectivity index (χ0v) is 7.93. The molecule has 2 aliphatic rings. The van der Waals surface area contributed by atoms with Crippen molar-refractivity contribution in [2.45, 2.75) is 25.3 Å². The van der Waals surface area contributed by atoms with Crippen LogP contribution in [0.2, 0.25) is 0 Å². The topological polar surface area (TPSA) is 12.0 Å². The van der Waals surface area contributed by atoms with Gasteiger partial charge in [-0.2, -0.15) is 0 Å². The van der Waals surface area contributed by atoms with Crippen LogP contribution in [0.3, 0.4) is 0 Å². The summed E-state index contributed by atoms with van der Waals surface area (Å²) >= 11 is 0. The zero-order chi connectivity index (χ0) is 9.64. The first-order valence-electron chi connectivity index (χ1n) is 4.77. The molecule has 1 heteroatoms. The molecule has 0 amide bonds. The van der Waals surface area contributed by atoms with Gasteiger partial charge >= 0.3 is 0 Å². The number of allylic oxidation sites excluding steroid dienone is 1. The van der Waals surface area contributed by atoms with Gasteiger partial charge in [0, 0.05) is 6.42 Å². The minimum atomic E-state index is 0.326. The number of nitrogens with one attached hydrogen (secondary N) is 1. The van der Waals surface area contributed by atoms with Crippen molar-refractivity contribution < 1.29 is 0 Å². The molecule has 0 bridgehead atoms. The monoisotopic (exact) mass is 181 g/mol. The van der Waals surface area contributed by atoms with Crippen molar-refractivity contribution in [2.24, 2.45) is 0 Å². The molecular weight excluding hydrogens is 170 g/mol. The lowest BCUT2D eigenvalue weighted by Gasteiger charge is -2.14. The van der Waals surface area contributed by atoms with Crippen molar-refractivity contribution >= 4 is 0 Å². The fourth-order valence-electron chi connectivity index (χ4n) is 1.38. The minimum Gasteiger partial charge on any atom is -0.374 e. The van der Waals surface area contributed by atoms with Crippen LogP contribution in [-0.4, -0.2) is 6.04 Å². The maximum atomic E-state index is 3.38. The summed E-state index contributed by atoms with van der Waals surface area (Å²) in [6, 6.07) is 0.326. The SMILES string of the molecule is C1=C=CC(NC2=C=CCC#CC2)CC=1. The van der Waals surface area contributed by atoms with Crippen LogP contribution in [0.25, 0.3) is 0 Å². The van der Waals surface area contributed by atoms with Crippen LogP contribution in [0.5, 0.6) is 0 Å². The van der Waals surface area contributed by atoms with Crippen molar-refractivity contribution in [3.8, 4) is 11.8 Å². The highest BCUT2D eigenvalue weighted by Gasteiger charge is 2.05. The fraction of sp³-hybridized carbons (Fsp3) is 0.308. The van der Waals surface area contributed by atoms with E-state index in [0.717, 1.165) is 25.0 Å². The molecule has 0 aromatic heterocycles. The molecule has 0 aromatic carbocycles. The third-order valence-electron chi connectivity index (χ3n) is 2.07. The molecule has 0 aromatic rings. The third kappa shape index (κ3) is 2.33. The van der Waals surface area contributed by atoms with E-state index in [1.165, 1.54) is 0 Å². The molecule has 68 valence electrons. The van der Waals surface area contributed by atoms with Gasteiger partial charge in [-0.3, -0.25) is 0 Å². The summed E-state index contributed by atoms with van der Waals surface area (Å²) in [5.74, 6) is 6.12. The Morgan fingerprint density at radius 2 is 2.21 bits per heavy atom. The second kappa shape index (κ2) is 4.43. The molecule has 0 heterocycles. The summed E-state index contributed by atoms with van der Waals surface area (Å²) in [6.45, 7) is 0. The summed E-state index contributed by atoms with van der Waals surface area (Å²) in [4.78, 5) is 0. The van der Waals surface area contributed by atoms with Gasteiger partial charge in [-0.25, -0.2) is 0 Å². The second-order valence-electron chi connectivity index (χ2n) is 3.21. The first kappa shape index (κ1) is 8.76. The van der Waals surface area contributed by atoms with Crippen LogP contribution in [0.4, 0.5) is 0 Å². The van der Waals surface area contributed by atoms with E-state index in [1.807, 2.05) is 18.2 Å². The van der Waals surface area contributed by atoms with Gasteiger partial charge in [0.05, 0.1) is 18.2 Å². The van der Waals surface area contributed by atoms with Crippen molar-refractivity contribution in [3.63, 3.8) is 0 Å². The molecule has 2 aliphatic carbocycles. The molecule has 1 N–H and O–H groups in total. The number of rotatable bonds is 2. The van der Waals surface area contributed by atoms with E-state index in [2.05, 4.69) is 34.4 Å². The van der Waals surface area contributed by atoms with Gasteiger partial charge in [0.25, 0.3) is 0 Å². The first-order chi connectivity index (χ1) is 6.95. The quantitative estimate of drug-likeness (QED) is 0.508. The van der Waals surface area contributed by atoms with Crippen molar-refractivity contribution in [2.75, 3.05) is 0 Å². The summed E-state index contributed by atoms with van der Waals surface area (Å²) in [5.41, 5.74) is 10.2. The van der Waals surface area contributed by atoms with Crippen LogP contribution < -0.4 is 5.32 Å². The lowest BCUT2D eigenvalue weighted by atomic mass is 10.1. The third-order valence-corrected chi connectivity index (χ3v) is 2.07. The molecule has 1 atom stereocenters. The average Bonchev–Trinajstić information content (AvgIpc) is 2.48. The zero-order valence-electron chi connectivity index (χ0n) is 7.93. The summed E-state index contributed by atoms with van der Waals surface area (Å²) in [5, 5.41) is 3.38. The summed E-state index contributed by atoms with van der Waals surface area (Å²) in [6.07, 6.45) is 8.50. The molecule has 1 nitrogen and oxygen atoms in total. The predicted molar refractivity (Wildman–Crippen MR) is 56.3 cm³/mol. The highest BCUT2D eigenvalue weighted by atomic mass is 14.9. The van der Waals surface area contributed by atoms with Gasteiger partial charge in [0.1, 0.15) is 0 Å². The summed E-state index contributed by atoms with van der Waals surface area (Å²) < 4.78 is 0. The Balaban J connectivity index is 2.02. The second-order valence-corrected chi connectivity index (χ2v) is 3.21. The predicted octanol–water partition coefficient (Wildman–Crippen LogP) is 2.05. The lowest BCUT2D eigenvalue weighted by molar-refractivity contribution is 0.668. The van der Waals surface area contributed by atoms with Crippen LogP contribution in [0.15, 0.2) is 41.1 Å². The van der Waals surface area contributed by atoms with E-state index in [-0.39, 0.29) is 0 Å². The lowest BCUT2D eigenvalue weighted by Crippen LogP contribution is -2.25. The molecule has 0 fully saturated rings. The van der Waals surface area contributed by atoms with Crippen LogP contribution in [0, 0.1) is 11.8 Å². The van der Waals surface area contributed by atoms with Crippen LogP contribution >= 0.6 is 0 Å². The highest BCUT2D eigenvalue weighted by molar-refractivity contribution is 5.19. The van der Waals surface area contributed by atoms with Gasteiger partial charge in [-0.1, -0.05) is 23.3 Å². The van der Waals surface area contributed by atoms with E-state index in [0.29, 0.717) is 6.04 Å². The Labute approximate surface area is 84.2 Å². The maximum Gasteiger partial charge on any atom is 0.0661 e. The van der Waals surface area contributed by atoms with Crippen LogP contribution in [0.1, 0.15) is 19.3 Å². The van der Waals surface area contributed by atoms with Crippen LogP contribution in [-0.2, 0) is 0 Å². The van der Waals surface area contributed by atoms with E-state index in [4.69, 9.17) is 0 Å². The minimum absolute atomic E-state index is 0.326. The van der Waals surface area contributed by atoms with E-state index in [1.54, 1.807) is 0 Å². The van der Waals surface area contributed by atoms with Gasteiger partial charge in [-0.05, 0) is 24.6 Å². The van der Waals surface area contributed by atoms with E-state index < -0.39 is 0 Å². The molecule has 1 unspecified atom stereocenters. The Morgan fingerprint density at radius 3 is 3.07 bits per heavy atom. The van der Waals surface area contributed by atoms with Crippen molar-refractivity contribution in [1.82, 2.24) is 5.32 Å². The number of hydrogen-bond donors (Lipinski definition) is 1. The Hall–Kier alpha value is -1.82.